The number of aromatic nitrogens is 1. The number of hydrogen-bond donors (Lipinski definition) is 1. The fraction of sp³-hybridized carbons (Fsp3) is 0.235. The molecule has 0 aliphatic rings. The second-order valence-corrected chi connectivity index (χ2v) is 7.49. The van der Waals surface area contributed by atoms with E-state index < -0.39 is 38.3 Å². The maximum absolute atomic E-state index is 12.5. The van der Waals surface area contributed by atoms with E-state index in [4.69, 9.17) is 9.47 Å². The Balaban J connectivity index is 2.02. The van der Waals surface area contributed by atoms with Crippen LogP contribution in [0, 0.1) is 0 Å². The maximum Gasteiger partial charge on any atom is 0.417 e. The molecule has 1 aromatic heterocycles. The minimum absolute atomic E-state index is 0.389. The van der Waals surface area contributed by atoms with Gasteiger partial charge in [0, 0.05) is 6.20 Å². The van der Waals surface area contributed by atoms with E-state index in [0.717, 1.165) is 0 Å². The van der Waals surface area contributed by atoms with Crippen molar-refractivity contribution in [2.24, 2.45) is 5.10 Å². The van der Waals surface area contributed by atoms with E-state index >= 15 is 0 Å². The first kappa shape index (κ1) is 22.1. The van der Waals surface area contributed by atoms with E-state index in [9.17, 15) is 26.4 Å². The number of methoxy groups -OCH3 is 2. The van der Waals surface area contributed by atoms with E-state index in [2.05, 4.69) is 10.1 Å². The lowest BCUT2D eigenvalue weighted by Crippen LogP contribution is -2.27. The predicted octanol–water partition coefficient (Wildman–Crippen LogP) is 2.04. The summed E-state index contributed by atoms with van der Waals surface area (Å²) in [6.07, 6.45) is -3.01. The second-order valence-electron chi connectivity index (χ2n) is 5.55. The number of rotatable bonds is 7. The van der Waals surface area contributed by atoms with Crippen LogP contribution in [0.5, 0.6) is 11.5 Å². The van der Waals surface area contributed by atoms with E-state index in [1.165, 1.54) is 20.4 Å². The van der Waals surface area contributed by atoms with Crippen LogP contribution in [0.25, 0.3) is 0 Å². The molecule has 0 aliphatic carbocycles. The van der Waals surface area contributed by atoms with Gasteiger partial charge in [0.15, 0.2) is 16.5 Å². The topological polar surface area (TPSA) is 107 Å². The highest BCUT2D eigenvalue weighted by molar-refractivity contribution is 7.92. The Kier molecular flexibility index (Phi) is 6.80. The van der Waals surface area contributed by atoms with Gasteiger partial charge in [-0.25, -0.2) is 18.8 Å². The fourth-order valence-corrected chi connectivity index (χ4v) is 3.17. The molecule has 0 saturated heterocycles. The lowest BCUT2D eigenvalue weighted by Gasteiger charge is -2.08. The van der Waals surface area contributed by atoms with Gasteiger partial charge in [0.05, 0.1) is 26.0 Å². The van der Waals surface area contributed by atoms with Gasteiger partial charge in [0.2, 0.25) is 9.84 Å². The first-order valence-corrected chi connectivity index (χ1v) is 9.52. The molecule has 0 unspecified atom stereocenters. The van der Waals surface area contributed by atoms with Crippen LogP contribution < -0.4 is 14.9 Å². The molecule has 29 heavy (non-hydrogen) atoms. The molecule has 156 valence electrons. The van der Waals surface area contributed by atoms with Gasteiger partial charge < -0.3 is 9.47 Å². The van der Waals surface area contributed by atoms with Gasteiger partial charge in [-0.15, -0.1) is 0 Å². The van der Waals surface area contributed by atoms with Crippen molar-refractivity contribution in [3.05, 3.63) is 47.7 Å². The summed E-state index contributed by atoms with van der Waals surface area (Å²) in [4.78, 5) is 15.1. The summed E-state index contributed by atoms with van der Waals surface area (Å²) < 4.78 is 71.9. The summed E-state index contributed by atoms with van der Waals surface area (Å²) >= 11 is 0. The Morgan fingerprint density at radius 3 is 2.41 bits per heavy atom. The summed E-state index contributed by atoms with van der Waals surface area (Å²) in [6, 6.07) is 6.09. The Hall–Kier alpha value is -3.15. The summed E-state index contributed by atoms with van der Waals surface area (Å²) in [7, 11) is -1.32. The number of nitrogens with zero attached hydrogens (tertiary/aromatic N) is 2. The van der Waals surface area contributed by atoms with Crippen molar-refractivity contribution in [2.45, 2.75) is 11.2 Å². The van der Waals surface area contributed by atoms with Crippen LogP contribution >= 0.6 is 0 Å². The highest BCUT2D eigenvalue weighted by Crippen LogP contribution is 2.29. The zero-order valence-electron chi connectivity index (χ0n) is 15.2. The molecule has 0 aliphatic heterocycles. The van der Waals surface area contributed by atoms with Crippen LogP contribution in [0.2, 0.25) is 0 Å². The molecule has 1 heterocycles. The number of sulfone groups is 1. The SMILES string of the molecule is COc1ccc(/C=N/NC(=O)CS(=O)(=O)c2ccc(C(F)(F)F)cn2)cc1OC. The molecule has 0 atom stereocenters. The largest absolute Gasteiger partial charge is 0.493 e. The Labute approximate surface area is 164 Å². The molecule has 0 fully saturated rings. The predicted molar refractivity (Wildman–Crippen MR) is 96.6 cm³/mol. The zero-order chi connectivity index (χ0) is 21.7. The first-order chi connectivity index (χ1) is 13.6. The van der Waals surface area contributed by atoms with Crippen molar-refractivity contribution in [1.29, 1.82) is 0 Å². The van der Waals surface area contributed by atoms with Gasteiger partial charge in [-0.1, -0.05) is 0 Å². The van der Waals surface area contributed by atoms with Crippen molar-refractivity contribution in [2.75, 3.05) is 20.0 Å². The number of amides is 1. The molecule has 2 aromatic rings. The van der Waals surface area contributed by atoms with Gasteiger partial charge in [0.25, 0.3) is 5.91 Å². The number of carbonyl (C=O) groups excluding carboxylic acids is 1. The molecule has 8 nitrogen and oxygen atoms in total. The molecule has 1 aromatic carbocycles. The molecule has 1 amide bonds. The number of pyridine rings is 1. The summed E-state index contributed by atoms with van der Waals surface area (Å²) in [5.74, 6) is -1.10. The van der Waals surface area contributed by atoms with Gasteiger partial charge in [-0.3, -0.25) is 4.79 Å². The highest BCUT2D eigenvalue weighted by atomic mass is 32.2. The summed E-state index contributed by atoms with van der Waals surface area (Å²) in [5.41, 5.74) is 1.47. The third-order valence-electron chi connectivity index (χ3n) is 3.51. The zero-order valence-corrected chi connectivity index (χ0v) is 16.0. The van der Waals surface area contributed by atoms with E-state index in [1.807, 2.05) is 5.43 Å². The van der Waals surface area contributed by atoms with Gasteiger partial charge in [0.1, 0.15) is 5.75 Å². The summed E-state index contributed by atoms with van der Waals surface area (Å²) in [5, 5.41) is 2.99. The monoisotopic (exact) mass is 431 g/mol. The second kappa shape index (κ2) is 8.90. The van der Waals surface area contributed by atoms with Gasteiger partial charge in [-0.05, 0) is 35.9 Å². The van der Waals surface area contributed by atoms with Crippen LogP contribution in [0.4, 0.5) is 13.2 Å². The molecule has 2 rings (SSSR count). The number of halogens is 3. The van der Waals surface area contributed by atoms with Gasteiger partial charge in [-0.2, -0.15) is 18.3 Å². The van der Waals surface area contributed by atoms with E-state index in [1.54, 1.807) is 18.2 Å². The normalized spacial score (nSPS) is 12.0. The third-order valence-corrected chi connectivity index (χ3v) is 5.03. The van der Waals surface area contributed by atoms with E-state index in [-0.39, 0.29) is 0 Å². The van der Waals surface area contributed by atoms with Crippen molar-refractivity contribution < 1.29 is 35.9 Å². The van der Waals surface area contributed by atoms with Crippen LogP contribution in [-0.4, -0.2) is 45.5 Å². The molecule has 0 bridgehead atoms. The quantitative estimate of drug-likeness (QED) is 0.531. The van der Waals surface area contributed by atoms with Crippen LogP contribution in [0.15, 0.2) is 46.7 Å². The minimum atomic E-state index is -4.65. The Bertz CT molecular complexity index is 1010. The average molecular weight is 431 g/mol. The molecule has 1 N–H and O–H groups in total. The average Bonchev–Trinajstić information content (AvgIpc) is 2.66. The Morgan fingerprint density at radius 1 is 1.17 bits per heavy atom. The number of carbonyl (C=O) groups is 1. The molecular formula is C17H16F3N3O5S. The molecule has 0 spiro atoms. The van der Waals surface area contributed by atoms with Crippen LogP contribution in [0.3, 0.4) is 0 Å². The lowest BCUT2D eigenvalue weighted by molar-refractivity contribution is -0.137. The summed E-state index contributed by atoms with van der Waals surface area (Å²) in [6.45, 7) is 0. The number of ether oxygens (including phenoxy) is 2. The smallest absolute Gasteiger partial charge is 0.417 e. The number of alkyl halides is 3. The van der Waals surface area contributed by atoms with Crippen LogP contribution in [-0.2, 0) is 20.8 Å². The van der Waals surface area contributed by atoms with E-state index in [0.29, 0.717) is 35.4 Å². The number of hydrogen-bond acceptors (Lipinski definition) is 7. The van der Waals surface area contributed by atoms with Crippen molar-refractivity contribution >= 4 is 22.0 Å². The highest BCUT2D eigenvalue weighted by Gasteiger charge is 2.31. The molecule has 12 heteroatoms. The van der Waals surface area contributed by atoms with Crippen molar-refractivity contribution in [3.63, 3.8) is 0 Å². The molecule has 0 radical (unpaired) electrons. The molecule has 0 saturated carbocycles. The fourth-order valence-electron chi connectivity index (χ4n) is 2.12. The van der Waals surface area contributed by atoms with Crippen molar-refractivity contribution in [1.82, 2.24) is 10.4 Å². The van der Waals surface area contributed by atoms with Crippen molar-refractivity contribution in [3.8, 4) is 11.5 Å². The number of hydrazone groups is 1. The maximum atomic E-state index is 12.5. The number of nitrogens with one attached hydrogen (secondary N) is 1. The molecular weight excluding hydrogens is 415 g/mol. The standard InChI is InChI=1S/C17H16F3N3O5S/c1-27-13-5-3-11(7-14(13)28-2)8-22-23-15(24)10-29(25,26)16-6-4-12(9-21-16)17(18,19)20/h3-9H,10H2,1-2H3,(H,23,24)/b22-8+. The van der Waals surface area contributed by atoms with Gasteiger partial charge >= 0.3 is 6.18 Å². The lowest BCUT2D eigenvalue weighted by atomic mass is 10.2. The minimum Gasteiger partial charge on any atom is -0.493 e. The Morgan fingerprint density at radius 2 is 1.86 bits per heavy atom. The van der Waals surface area contributed by atoms with Crippen LogP contribution in [0.1, 0.15) is 11.1 Å². The number of benzene rings is 1. The third kappa shape index (κ3) is 5.91. The first-order valence-electron chi connectivity index (χ1n) is 7.87.